The molecule has 0 spiro atoms. The molecule has 0 aliphatic carbocycles. The van der Waals surface area contributed by atoms with Crippen LogP contribution in [0, 0.1) is 0 Å². The third-order valence-electron chi connectivity index (χ3n) is 5.71. The molecule has 6 nitrogen and oxygen atoms in total. The Morgan fingerprint density at radius 3 is 2.66 bits per heavy atom. The summed E-state index contributed by atoms with van der Waals surface area (Å²) in [5, 5.41) is 15.0. The lowest BCUT2D eigenvalue weighted by Crippen LogP contribution is -2.31. The number of fused-ring (bicyclic) bond motifs is 2. The van der Waals surface area contributed by atoms with Gasteiger partial charge in [-0.25, -0.2) is 0 Å². The van der Waals surface area contributed by atoms with Crippen molar-refractivity contribution in [1.82, 2.24) is 5.32 Å². The van der Waals surface area contributed by atoms with Gasteiger partial charge in [0.2, 0.25) is 5.43 Å². The smallest absolute Gasteiger partial charge is 0.204 e. The van der Waals surface area contributed by atoms with Gasteiger partial charge >= 0.3 is 0 Å². The van der Waals surface area contributed by atoms with E-state index in [1.807, 2.05) is 30.3 Å². The molecule has 0 radical (unpaired) electrons. The molecule has 4 aromatic rings. The second-order valence-electron chi connectivity index (χ2n) is 8.47. The van der Waals surface area contributed by atoms with Gasteiger partial charge in [-0.2, -0.15) is 0 Å². The van der Waals surface area contributed by atoms with Crippen LogP contribution in [0.5, 0.6) is 11.5 Å². The fourth-order valence-corrected chi connectivity index (χ4v) is 3.94. The third kappa shape index (κ3) is 6.54. The first kappa shape index (κ1) is 25.0. The lowest BCUT2D eigenvalue weighted by atomic mass is 10.1. The number of ether oxygens (including phenoxy) is 2. The molecule has 0 aliphatic rings. The lowest BCUT2D eigenvalue weighted by molar-refractivity contribution is 0.106. The number of benzene rings is 3. The Balaban J connectivity index is 1.57. The first-order chi connectivity index (χ1) is 17.0. The number of halogens is 1. The van der Waals surface area contributed by atoms with Crippen molar-refractivity contribution in [3.8, 4) is 11.5 Å². The minimum absolute atomic E-state index is 0.104. The van der Waals surface area contributed by atoms with Gasteiger partial charge in [0.1, 0.15) is 40.8 Å². The van der Waals surface area contributed by atoms with Crippen molar-refractivity contribution < 1.29 is 19.0 Å². The van der Waals surface area contributed by atoms with Gasteiger partial charge in [-0.3, -0.25) is 4.79 Å². The Kier molecular flexibility index (Phi) is 8.64. The third-order valence-corrected chi connectivity index (χ3v) is 5.96. The normalized spacial score (nSPS) is 12.2. The maximum Gasteiger partial charge on any atom is 0.204 e. The van der Waals surface area contributed by atoms with Crippen LogP contribution in [0.4, 0.5) is 0 Å². The largest absolute Gasteiger partial charge is 0.492 e. The molecule has 0 amide bonds. The molecule has 184 valence electrons. The highest BCUT2D eigenvalue weighted by Crippen LogP contribution is 2.32. The number of unbranched alkanes of at least 4 members (excludes halogenated alkanes) is 1. The molecule has 4 rings (SSSR count). The molecule has 0 saturated heterocycles. The van der Waals surface area contributed by atoms with Gasteiger partial charge in [0.25, 0.3) is 0 Å². The molecule has 7 heteroatoms. The van der Waals surface area contributed by atoms with E-state index in [0.29, 0.717) is 58.0 Å². The van der Waals surface area contributed by atoms with Crippen molar-refractivity contribution in [1.29, 1.82) is 0 Å². The zero-order valence-corrected chi connectivity index (χ0v) is 20.5. The maximum absolute atomic E-state index is 13.3. The second-order valence-corrected chi connectivity index (χ2v) is 8.91. The highest BCUT2D eigenvalue weighted by Gasteiger charge is 2.16. The molecular formula is C28H30ClNO5. The van der Waals surface area contributed by atoms with E-state index in [1.165, 1.54) is 0 Å². The van der Waals surface area contributed by atoms with Crippen LogP contribution in [0.3, 0.4) is 0 Å². The summed E-state index contributed by atoms with van der Waals surface area (Å²) in [7, 11) is 0. The van der Waals surface area contributed by atoms with Crippen molar-refractivity contribution >= 4 is 33.5 Å². The summed E-state index contributed by atoms with van der Waals surface area (Å²) in [5.74, 6) is 0.853. The summed E-state index contributed by atoms with van der Waals surface area (Å²) in [5.41, 5.74) is 1.79. The summed E-state index contributed by atoms with van der Waals surface area (Å²) < 4.78 is 18.0. The molecule has 1 aromatic heterocycles. The SMILES string of the molecule is CCCCNCC(O)COc1cc(OCCc2ccc(Cl)cc2)c2c(=O)c3ccccc3oc2c1. The zero-order chi connectivity index (χ0) is 24.6. The van der Waals surface area contributed by atoms with Crippen molar-refractivity contribution in [3.63, 3.8) is 0 Å². The zero-order valence-electron chi connectivity index (χ0n) is 19.8. The number of rotatable bonds is 12. The van der Waals surface area contributed by atoms with Crippen LogP contribution in [0.1, 0.15) is 25.3 Å². The van der Waals surface area contributed by atoms with E-state index < -0.39 is 6.10 Å². The molecule has 1 atom stereocenters. The molecule has 1 unspecified atom stereocenters. The summed E-state index contributed by atoms with van der Waals surface area (Å²) >= 11 is 5.97. The molecule has 0 bridgehead atoms. The van der Waals surface area contributed by atoms with Crippen molar-refractivity contribution in [3.05, 3.63) is 81.5 Å². The number of hydrogen-bond acceptors (Lipinski definition) is 6. The summed E-state index contributed by atoms with van der Waals surface area (Å²) in [6.45, 7) is 3.88. The predicted octanol–water partition coefficient (Wildman–Crippen LogP) is 5.35. The monoisotopic (exact) mass is 495 g/mol. The van der Waals surface area contributed by atoms with Crippen LogP contribution in [-0.2, 0) is 6.42 Å². The van der Waals surface area contributed by atoms with Crippen LogP contribution >= 0.6 is 11.6 Å². The van der Waals surface area contributed by atoms with Gasteiger partial charge in [0.05, 0.1) is 12.0 Å². The average molecular weight is 496 g/mol. The Hall–Kier alpha value is -3.06. The first-order valence-electron chi connectivity index (χ1n) is 11.9. The Bertz CT molecular complexity index is 1320. The van der Waals surface area contributed by atoms with Crippen LogP contribution in [-0.4, -0.2) is 37.5 Å². The standard InChI is InChI=1S/C28H30ClNO5/c1-2-3-13-30-17-21(31)18-34-22-15-25(33-14-12-19-8-10-20(29)11-9-19)27-26(16-22)35-24-7-5-4-6-23(24)28(27)32/h4-11,15-16,21,30-31H,2-3,12-14,17-18H2,1H3. The fraction of sp³-hybridized carbons (Fsp3) is 0.321. The summed E-state index contributed by atoms with van der Waals surface area (Å²) in [4.78, 5) is 13.3. The van der Waals surface area contributed by atoms with Crippen LogP contribution in [0.2, 0.25) is 5.02 Å². The van der Waals surface area contributed by atoms with E-state index in [0.717, 1.165) is 24.9 Å². The van der Waals surface area contributed by atoms with Crippen LogP contribution < -0.4 is 20.2 Å². The number of hydrogen-bond donors (Lipinski definition) is 2. The number of aliphatic hydroxyl groups excluding tert-OH is 1. The second kappa shape index (κ2) is 12.1. The van der Waals surface area contributed by atoms with Gasteiger partial charge < -0.3 is 24.3 Å². The van der Waals surface area contributed by atoms with Gasteiger partial charge in [-0.1, -0.05) is 49.2 Å². The Morgan fingerprint density at radius 2 is 1.86 bits per heavy atom. The topological polar surface area (TPSA) is 80.9 Å². The highest BCUT2D eigenvalue weighted by atomic mass is 35.5. The minimum atomic E-state index is -0.666. The fourth-order valence-electron chi connectivity index (χ4n) is 3.82. The minimum Gasteiger partial charge on any atom is -0.492 e. The number of nitrogens with one attached hydrogen (secondary N) is 1. The molecule has 2 N–H and O–H groups in total. The van der Waals surface area contributed by atoms with Gasteiger partial charge in [0, 0.05) is 30.1 Å². The first-order valence-corrected chi connectivity index (χ1v) is 12.3. The lowest BCUT2D eigenvalue weighted by Gasteiger charge is -2.15. The molecular weight excluding hydrogens is 466 g/mol. The number of para-hydroxylation sites is 1. The van der Waals surface area contributed by atoms with Gasteiger partial charge in [-0.05, 0) is 42.8 Å². The molecule has 0 fully saturated rings. The average Bonchev–Trinajstić information content (AvgIpc) is 2.86. The van der Waals surface area contributed by atoms with E-state index in [2.05, 4.69) is 12.2 Å². The predicted molar refractivity (Wildman–Crippen MR) is 140 cm³/mol. The molecule has 0 aliphatic heterocycles. The van der Waals surface area contributed by atoms with E-state index in [4.69, 9.17) is 25.5 Å². The van der Waals surface area contributed by atoms with E-state index >= 15 is 0 Å². The van der Waals surface area contributed by atoms with Gasteiger partial charge in [0.15, 0.2) is 0 Å². The summed E-state index contributed by atoms with van der Waals surface area (Å²) in [6, 6.07) is 18.1. The van der Waals surface area contributed by atoms with E-state index in [1.54, 1.807) is 30.3 Å². The molecule has 3 aromatic carbocycles. The van der Waals surface area contributed by atoms with Gasteiger partial charge in [-0.15, -0.1) is 0 Å². The van der Waals surface area contributed by atoms with E-state index in [-0.39, 0.29) is 12.0 Å². The van der Waals surface area contributed by atoms with Crippen molar-refractivity contribution in [2.45, 2.75) is 32.3 Å². The molecule has 35 heavy (non-hydrogen) atoms. The van der Waals surface area contributed by atoms with Crippen LogP contribution in [0.15, 0.2) is 69.9 Å². The van der Waals surface area contributed by atoms with E-state index in [9.17, 15) is 9.90 Å². The molecule has 0 saturated carbocycles. The van der Waals surface area contributed by atoms with Crippen molar-refractivity contribution in [2.75, 3.05) is 26.3 Å². The van der Waals surface area contributed by atoms with Crippen molar-refractivity contribution in [2.24, 2.45) is 0 Å². The maximum atomic E-state index is 13.3. The van der Waals surface area contributed by atoms with Crippen LogP contribution in [0.25, 0.3) is 21.9 Å². The Labute approximate surface area is 209 Å². The highest BCUT2D eigenvalue weighted by molar-refractivity contribution is 6.30. The molecule has 1 heterocycles. The quantitative estimate of drug-likeness (QED) is 0.204. The Morgan fingerprint density at radius 1 is 1.06 bits per heavy atom. The number of aliphatic hydroxyl groups is 1. The summed E-state index contributed by atoms with van der Waals surface area (Å²) in [6.07, 6.45) is 2.13.